The molecule has 1 N–H and O–H groups in total. The van der Waals surface area contributed by atoms with Crippen LogP contribution >= 0.6 is 0 Å². The first-order valence-electron chi connectivity index (χ1n) is 6.06. The number of Topliss-reactive ketones (excluding diaryl/α,β-unsaturated/α-hetero) is 1. The SMILES string of the molecule is CCOc1ccc(C(C)=O)cc1CO[C@@H](C)C(=O)O. The first-order valence-corrected chi connectivity index (χ1v) is 6.06. The van der Waals surface area contributed by atoms with Crippen molar-refractivity contribution in [1.82, 2.24) is 0 Å². The number of ketones is 1. The lowest BCUT2D eigenvalue weighted by molar-refractivity contribution is -0.149. The first-order chi connectivity index (χ1) is 8.95. The summed E-state index contributed by atoms with van der Waals surface area (Å²) in [6, 6.07) is 5.05. The van der Waals surface area contributed by atoms with Gasteiger partial charge in [-0.15, -0.1) is 0 Å². The zero-order valence-electron chi connectivity index (χ0n) is 11.3. The summed E-state index contributed by atoms with van der Waals surface area (Å²) in [7, 11) is 0. The van der Waals surface area contributed by atoms with Crippen LogP contribution in [-0.4, -0.2) is 29.6 Å². The van der Waals surface area contributed by atoms with E-state index >= 15 is 0 Å². The predicted molar refractivity (Wildman–Crippen MR) is 69.5 cm³/mol. The molecule has 0 spiro atoms. The molecule has 0 aliphatic heterocycles. The molecule has 0 radical (unpaired) electrons. The van der Waals surface area contributed by atoms with Crippen molar-refractivity contribution in [2.45, 2.75) is 33.5 Å². The van der Waals surface area contributed by atoms with Crippen molar-refractivity contribution in [3.63, 3.8) is 0 Å². The molecule has 0 saturated heterocycles. The largest absolute Gasteiger partial charge is 0.494 e. The van der Waals surface area contributed by atoms with Crippen molar-refractivity contribution in [2.24, 2.45) is 0 Å². The van der Waals surface area contributed by atoms with E-state index in [1.165, 1.54) is 13.8 Å². The summed E-state index contributed by atoms with van der Waals surface area (Å²) in [4.78, 5) is 22.0. The van der Waals surface area contributed by atoms with E-state index in [4.69, 9.17) is 14.6 Å². The third kappa shape index (κ3) is 4.37. The van der Waals surface area contributed by atoms with Crippen LogP contribution in [0.4, 0.5) is 0 Å². The van der Waals surface area contributed by atoms with E-state index in [1.807, 2.05) is 6.92 Å². The normalized spacial score (nSPS) is 11.9. The van der Waals surface area contributed by atoms with Gasteiger partial charge in [0.15, 0.2) is 11.9 Å². The molecule has 1 atom stereocenters. The molecular formula is C14H18O5. The summed E-state index contributed by atoms with van der Waals surface area (Å²) in [6.07, 6.45) is -0.907. The number of rotatable bonds is 7. The van der Waals surface area contributed by atoms with Gasteiger partial charge in [0.25, 0.3) is 0 Å². The summed E-state index contributed by atoms with van der Waals surface area (Å²) in [5.74, 6) is -0.485. The van der Waals surface area contributed by atoms with E-state index in [9.17, 15) is 9.59 Å². The monoisotopic (exact) mass is 266 g/mol. The first kappa shape index (κ1) is 15.2. The second-order valence-electron chi connectivity index (χ2n) is 4.10. The van der Waals surface area contributed by atoms with E-state index in [0.717, 1.165) is 0 Å². The van der Waals surface area contributed by atoms with E-state index in [0.29, 0.717) is 23.5 Å². The summed E-state index contributed by atoms with van der Waals surface area (Å²) in [6.45, 7) is 5.35. The van der Waals surface area contributed by atoms with Crippen LogP contribution in [0, 0.1) is 0 Å². The third-order valence-electron chi connectivity index (χ3n) is 2.60. The molecule has 5 heteroatoms. The van der Waals surface area contributed by atoms with Gasteiger partial charge in [0.2, 0.25) is 0 Å². The van der Waals surface area contributed by atoms with Crippen LogP contribution in [0.15, 0.2) is 18.2 Å². The molecule has 0 saturated carbocycles. The predicted octanol–water partition coefficient (Wildman–Crippen LogP) is 2.28. The topological polar surface area (TPSA) is 72.8 Å². The second kappa shape index (κ2) is 6.89. The van der Waals surface area contributed by atoms with Gasteiger partial charge in [0, 0.05) is 11.1 Å². The molecule has 0 bridgehead atoms. The van der Waals surface area contributed by atoms with Crippen molar-refractivity contribution >= 4 is 11.8 Å². The molecule has 0 heterocycles. The number of ether oxygens (including phenoxy) is 2. The number of carbonyl (C=O) groups is 2. The highest BCUT2D eigenvalue weighted by Crippen LogP contribution is 2.22. The lowest BCUT2D eigenvalue weighted by Crippen LogP contribution is -2.19. The van der Waals surface area contributed by atoms with Crippen LogP contribution in [0.1, 0.15) is 36.7 Å². The van der Waals surface area contributed by atoms with Crippen molar-refractivity contribution in [2.75, 3.05) is 6.61 Å². The zero-order chi connectivity index (χ0) is 14.4. The quantitative estimate of drug-likeness (QED) is 0.766. The molecule has 19 heavy (non-hydrogen) atoms. The minimum Gasteiger partial charge on any atom is -0.494 e. The maximum Gasteiger partial charge on any atom is 0.332 e. The van der Waals surface area contributed by atoms with Crippen LogP contribution in [0.3, 0.4) is 0 Å². The maximum absolute atomic E-state index is 11.3. The van der Waals surface area contributed by atoms with Crippen LogP contribution in [0.25, 0.3) is 0 Å². The van der Waals surface area contributed by atoms with Crippen LogP contribution in [0.5, 0.6) is 5.75 Å². The van der Waals surface area contributed by atoms with Crippen LogP contribution in [0.2, 0.25) is 0 Å². The molecule has 0 aliphatic carbocycles. The average molecular weight is 266 g/mol. The van der Waals surface area contributed by atoms with Gasteiger partial charge in [-0.25, -0.2) is 4.79 Å². The maximum atomic E-state index is 11.3. The molecule has 1 aromatic rings. The van der Waals surface area contributed by atoms with E-state index < -0.39 is 12.1 Å². The van der Waals surface area contributed by atoms with Gasteiger partial charge < -0.3 is 14.6 Å². The number of carboxylic acid groups (broad SMARTS) is 1. The minimum absolute atomic E-state index is 0.0596. The van der Waals surface area contributed by atoms with Crippen molar-refractivity contribution in [3.8, 4) is 5.75 Å². The highest BCUT2D eigenvalue weighted by atomic mass is 16.5. The molecule has 0 aromatic heterocycles. The van der Waals surface area contributed by atoms with Gasteiger partial charge in [-0.1, -0.05) is 0 Å². The van der Waals surface area contributed by atoms with E-state index in [-0.39, 0.29) is 12.4 Å². The molecular weight excluding hydrogens is 248 g/mol. The number of hydrogen-bond acceptors (Lipinski definition) is 4. The van der Waals surface area contributed by atoms with Gasteiger partial charge in [0.05, 0.1) is 13.2 Å². The number of aliphatic carboxylic acids is 1. The average Bonchev–Trinajstić information content (AvgIpc) is 2.37. The summed E-state index contributed by atoms with van der Waals surface area (Å²) >= 11 is 0. The Labute approximate surface area is 112 Å². The molecule has 104 valence electrons. The van der Waals surface area contributed by atoms with Crippen LogP contribution in [-0.2, 0) is 16.1 Å². The van der Waals surface area contributed by atoms with Gasteiger partial charge in [-0.05, 0) is 39.0 Å². The number of carbonyl (C=O) groups excluding carboxylic acids is 1. The third-order valence-corrected chi connectivity index (χ3v) is 2.60. The fourth-order valence-electron chi connectivity index (χ4n) is 1.49. The Balaban J connectivity index is 2.90. The lowest BCUT2D eigenvalue weighted by atomic mass is 10.1. The minimum atomic E-state index is -1.03. The second-order valence-corrected chi connectivity index (χ2v) is 4.10. The number of hydrogen-bond donors (Lipinski definition) is 1. The van der Waals surface area contributed by atoms with Gasteiger partial charge >= 0.3 is 5.97 Å². The molecule has 0 aliphatic rings. The molecule has 0 amide bonds. The van der Waals surface area contributed by atoms with Crippen molar-refractivity contribution < 1.29 is 24.2 Å². The Morgan fingerprint density at radius 2 is 2.05 bits per heavy atom. The molecule has 0 fully saturated rings. The summed E-state index contributed by atoms with van der Waals surface area (Å²) in [5.41, 5.74) is 1.22. The van der Waals surface area contributed by atoms with Gasteiger partial charge in [-0.3, -0.25) is 4.79 Å². The highest BCUT2D eigenvalue weighted by Gasteiger charge is 2.14. The Bertz CT molecular complexity index is 467. The zero-order valence-corrected chi connectivity index (χ0v) is 11.3. The Morgan fingerprint density at radius 1 is 1.37 bits per heavy atom. The standard InChI is InChI=1S/C14H18O5/c1-4-18-13-6-5-11(9(2)15)7-12(13)8-19-10(3)14(16)17/h5-7,10H,4,8H2,1-3H3,(H,16,17)/t10-/m0/s1. The van der Waals surface area contributed by atoms with Crippen molar-refractivity contribution in [3.05, 3.63) is 29.3 Å². The smallest absolute Gasteiger partial charge is 0.332 e. The molecule has 0 unspecified atom stereocenters. The van der Waals surface area contributed by atoms with E-state index in [2.05, 4.69) is 0 Å². The lowest BCUT2D eigenvalue weighted by Gasteiger charge is -2.13. The fraction of sp³-hybridized carbons (Fsp3) is 0.429. The molecule has 5 nitrogen and oxygen atoms in total. The number of benzene rings is 1. The summed E-state index contributed by atoms with van der Waals surface area (Å²) in [5, 5.41) is 8.77. The fourth-order valence-corrected chi connectivity index (χ4v) is 1.49. The Kier molecular flexibility index (Phi) is 5.51. The molecule has 1 rings (SSSR count). The van der Waals surface area contributed by atoms with Crippen molar-refractivity contribution in [1.29, 1.82) is 0 Å². The Hall–Kier alpha value is -1.88. The van der Waals surface area contributed by atoms with Gasteiger partial charge in [-0.2, -0.15) is 0 Å². The summed E-state index contributed by atoms with van der Waals surface area (Å²) < 4.78 is 10.6. The highest BCUT2D eigenvalue weighted by molar-refractivity contribution is 5.94. The van der Waals surface area contributed by atoms with E-state index in [1.54, 1.807) is 18.2 Å². The Morgan fingerprint density at radius 3 is 2.58 bits per heavy atom. The van der Waals surface area contributed by atoms with Gasteiger partial charge in [0.1, 0.15) is 5.75 Å². The number of carboxylic acids is 1. The molecule has 1 aromatic carbocycles. The van der Waals surface area contributed by atoms with Crippen LogP contribution < -0.4 is 4.74 Å².